The first kappa shape index (κ1) is 22.0. The molecule has 0 spiro atoms. The number of rotatable bonds is 10. The number of carbonyl (C=O) groups is 2. The number of aromatic carboxylic acids is 1. The highest BCUT2D eigenvalue weighted by molar-refractivity contribution is 5.88. The number of unbranched alkanes of at least 4 members (excludes halogenated alkanes) is 1. The highest BCUT2D eigenvalue weighted by Gasteiger charge is 2.26. The van der Waals surface area contributed by atoms with Crippen LogP contribution in [0.2, 0.25) is 0 Å². The van der Waals surface area contributed by atoms with Gasteiger partial charge < -0.3 is 10.2 Å². The Morgan fingerprint density at radius 1 is 1.07 bits per heavy atom. The normalized spacial score (nSPS) is 15.7. The van der Waals surface area contributed by atoms with Crippen LogP contribution in [0.5, 0.6) is 0 Å². The predicted molar refractivity (Wildman–Crippen MR) is 117 cm³/mol. The molecular formula is C25H31NO4. The number of fused-ring (bicyclic) bond motifs is 1. The zero-order chi connectivity index (χ0) is 21.5. The van der Waals surface area contributed by atoms with Crippen molar-refractivity contribution in [3.05, 3.63) is 70.3 Å². The molecule has 2 aromatic carbocycles. The lowest BCUT2D eigenvalue weighted by Crippen LogP contribution is -2.34. The van der Waals surface area contributed by atoms with E-state index in [1.54, 1.807) is 6.07 Å². The van der Waals surface area contributed by atoms with Crippen LogP contribution in [0, 0.1) is 6.92 Å². The Hall–Kier alpha value is -2.66. The van der Waals surface area contributed by atoms with E-state index in [4.69, 9.17) is 5.11 Å². The van der Waals surface area contributed by atoms with Crippen LogP contribution in [0.25, 0.3) is 0 Å². The van der Waals surface area contributed by atoms with Crippen molar-refractivity contribution < 1.29 is 19.8 Å². The number of carboxylic acids is 2. The van der Waals surface area contributed by atoms with Gasteiger partial charge in [0.05, 0.1) is 5.56 Å². The number of aryl methyl sites for hydroxylation is 2. The largest absolute Gasteiger partial charge is 0.481 e. The Morgan fingerprint density at radius 3 is 2.60 bits per heavy atom. The van der Waals surface area contributed by atoms with Crippen LogP contribution in [0.1, 0.15) is 70.8 Å². The van der Waals surface area contributed by atoms with E-state index in [0.29, 0.717) is 12.0 Å². The molecule has 0 fully saturated rings. The molecule has 5 nitrogen and oxygen atoms in total. The summed E-state index contributed by atoms with van der Waals surface area (Å²) < 4.78 is 0. The summed E-state index contributed by atoms with van der Waals surface area (Å²) in [5, 5.41) is 18.3. The van der Waals surface area contributed by atoms with Crippen LogP contribution in [-0.2, 0) is 17.6 Å². The standard InChI is InChI=1S/C25H31NO4/c1-18-7-2-3-8-19(18)14-16-26(15-5-4-11-24(27)28)23-10-6-9-20-17-21(25(29)30)12-13-22(20)23/h2-3,7-8,12-13,17,23H,4-6,9-11,14-16H2,1H3,(H,27,28)(H,29,30). The number of carboxylic acid groups (broad SMARTS) is 2. The summed E-state index contributed by atoms with van der Waals surface area (Å²) in [5.74, 6) is -1.63. The van der Waals surface area contributed by atoms with Crippen molar-refractivity contribution in [3.8, 4) is 0 Å². The van der Waals surface area contributed by atoms with Gasteiger partial charge in [-0.25, -0.2) is 4.79 Å². The average Bonchev–Trinajstić information content (AvgIpc) is 2.73. The van der Waals surface area contributed by atoms with Gasteiger partial charge in [-0.05, 0) is 86.4 Å². The van der Waals surface area contributed by atoms with E-state index in [-0.39, 0.29) is 12.5 Å². The fourth-order valence-electron chi connectivity index (χ4n) is 4.47. The molecule has 0 amide bonds. The van der Waals surface area contributed by atoms with Gasteiger partial charge in [-0.15, -0.1) is 0 Å². The third kappa shape index (κ3) is 5.70. The third-order valence-corrected chi connectivity index (χ3v) is 6.13. The van der Waals surface area contributed by atoms with E-state index >= 15 is 0 Å². The van der Waals surface area contributed by atoms with Crippen molar-refractivity contribution in [3.63, 3.8) is 0 Å². The Labute approximate surface area is 178 Å². The minimum Gasteiger partial charge on any atom is -0.481 e. The van der Waals surface area contributed by atoms with E-state index in [0.717, 1.165) is 50.8 Å². The lowest BCUT2D eigenvalue weighted by atomic mass is 9.85. The summed E-state index contributed by atoms with van der Waals surface area (Å²) in [4.78, 5) is 24.7. The van der Waals surface area contributed by atoms with Gasteiger partial charge in [0.25, 0.3) is 0 Å². The Balaban J connectivity index is 1.78. The maximum Gasteiger partial charge on any atom is 0.335 e. The van der Waals surface area contributed by atoms with E-state index in [2.05, 4.69) is 36.1 Å². The Bertz CT molecular complexity index is 892. The predicted octanol–water partition coefficient (Wildman–Crippen LogP) is 4.87. The summed E-state index contributed by atoms with van der Waals surface area (Å²) in [6.45, 7) is 3.89. The molecule has 1 aliphatic carbocycles. The summed E-state index contributed by atoms with van der Waals surface area (Å²) in [5.41, 5.74) is 5.35. The molecule has 2 aromatic rings. The zero-order valence-electron chi connectivity index (χ0n) is 17.6. The smallest absolute Gasteiger partial charge is 0.335 e. The van der Waals surface area contributed by atoms with Gasteiger partial charge in [-0.2, -0.15) is 0 Å². The number of aliphatic carboxylic acids is 1. The van der Waals surface area contributed by atoms with Crippen LogP contribution in [0.4, 0.5) is 0 Å². The van der Waals surface area contributed by atoms with Crippen LogP contribution in [0.3, 0.4) is 0 Å². The van der Waals surface area contributed by atoms with Crippen LogP contribution in [0.15, 0.2) is 42.5 Å². The molecule has 1 aliphatic rings. The second-order valence-electron chi connectivity index (χ2n) is 8.19. The molecule has 5 heteroatoms. The molecule has 0 heterocycles. The summed E-state index contributed by atoms with van der Waals surface area (Å²) in [7, 11) is 0. The van der Waals surface area contributed by atoms with Gasteiger partial charge in [0, 0.05) is 19.0 Å². The fraction of sp³-hybridized carbons (Fsp3) is 0.440. The van der Waals surface area contributed by atoms with Crippen molar-refractivity contribution in [1.29, 1.82) is 0 Å². The van der Waals surface area contributed by atoms with Crippen molar-refractivity contribution >= 4 is 11.9 Å². The topological polar surface area (TPSA) is 77.8 Å². The first-order valence-corrected chi connectivity index (χ1v) is 10.8. The summed E-state index contributed by atoms with van der Waals surface area (Å²) in [6.07, 6.45) is 5.67. The molecule has 160 valence electrons. The lowest BCUT2D eigenvalue weighted by Gasteiger charge is -2.36. The molecule has 0 aromatic heterocycles. The highest BCUT2D eigenvalue weighted by Crippen LogP contribution is 2.35. The number of nitrogens with zero attached hydrogens (tertiary/aromatic N) is 1. The molecule has 30 heavy (non-hydrogen) atoms. The molecule has 3 rings (SSSR count). The first-order valence-electron chi connectivity index (χ1n) is 10.8. The SMILES string of the molecule is Cc1ccccc1CCN(CCCCC(=O)O)C1CCCc2cc(C(=O)O)ccc21. The fourth-order valence-corrected chi connectivity index (χ4v) is 4.47. The minimum atomic E-state index is -0.884. The number of benzene rings is 2. The van der Waals surface area contributed by atoms with Crippen molar-refractivity contribution in [2.75, 3.05) is 13.1 Å². The molecular weight excluding hydrogens is 378 g/mol. The van der Waals surface area contributed by atoms with Crippen molar-refractivity contribution in [2.45, 2.75) is 57.9 Å². The molecule has 0 aliphatic heterocycles. The number of hydrogen-bond donors (Lipinski definition) is 2. The van der Waals surface area contributed by atoms with Crippen molar-refractivity contribution in [2.24, 2.45) is 0 Å². The number of hydrogen-bond acceptors (Lipinski definition) is 3. The maximum atomic E-state index is 11.4. The van der Waals surface area contributed by atoms with Gasteiger partial charge in [-0.3, -0.25) is 9.69 Å². The highest BCUT2D eigenvalue weighted by atomic mass is 16.4. The second kappa shape index (κ2) is 10.4. The quantitative estimate of drug-likeness (QED) is 0.548. The molecule has 0 bridgehead atoms. The molecule has 2 N–H and O–H groups in total. The third-order valence-electron chi connectivity index (χ3n) is 6.13. The van der Waals surface area contributed by atoms with Gasteiger partial charge in [0.1, 0.15) is 0 Å². The molecule has 1 unspecified atom stereocenters. The molecule has 0 radical (unpaired) electrons. The van der Waals surface area contributed by atoms with E-state index < -0.39 is 11.9 Å². The molecule has 0 saturated carbocycles. The Kier molecular flexibility index (Phi) is 7.63. The monoisotopic (exact) mass is 409 g/mol. The van der Waals surface area contributed by atoms with Gasteiger partial charge in [-0.1, -0.05) is 30.3 Å². The van der Waals surface area contributed by atoms with Crippen molar-refractivity contribution in [1.82, 2.24) is 4.90 Å². The molecule has 1 atom stereocenters. The van der Waals surface area contributed by atoms with E-state index in [1.807, 2.05) is 12.1 Å². The first-order chi connectivity index (χ1) is 14.5. The minimum absolute atomic E-state index is 0.203. The van der Waals surface area contributed by atoms with Gasteiger partial charge >= 0.3 is 11.9 Å². The molecule has 0 saturated heterocycles. The Morgan fingerprint density at radius 2 is 1.87 bits per heavy atom. The maximum absolute atomic E-state index is 11.4. The van der Waals surface area contributed by atoms with E-state index in [1.165, 1.54) is 16.7 Å². The zero-order valence-corrected chi connectivity index (χ0v) is 17.6. The van der Waals surface area contributed by atoms with Crippen LogP contribution >= 0.6 is 0 Å². The second-order valence-corrected chi connectivity index (χ2v) is 8.19. The van der Waals surface area contributed by atoms with Crippen LogP contribution in [-0.4, -0.2) is 40.1 Å². The van der Waals surface area contributed by atoms with Gasteiger partial charge in [0.2, 0.25) is 0 Å². The summed E-state index contributed by atoms with van der Waals surface area (Å²) >= 11 is 0. The summed E-state index contributed by atoms with van der Waals surface area (Å²) in [6, 6.07) is 14.2. The average molecular weight is 410 g/mol. The lowest BCUT2D eigenvalue weighted by molar-refractivity contribution is -0.137. The van der Waals surface area contributed by atoms with Gasteiger partial charge in [0.15, 0.2) is 0 Å². The van der Waals surface area contributed by atoms with E-state index in [9.17, 15) is 14.7 Å². The van der Waals surface area contributed by atoms with Crippen LogP contribution < -0.4 is 0 Å².